The Morgan fingerprint density at radius 1 is 1.39 bits per heavy atom. The van der Waals surface area contributed by atoms with Crippen LogP contribution in [0.5, 0.6) is 0 Å². The Morgan fingerprint density at radius 2 is 2.17 bits per heavy atom. The van der Waals surface area contributed by atoms with Crippen LogP contribution in [0.1, 0.15) is 25.8 Å². The summed E-state index contributed by atoms with van der Waals surface area (Å²) in [6, 6.07) is 5.26. The van der Waals surface area contributed by atoms with Crippen molar-refractivity contribution in [3.63, 3.8) is 0 Å². The smallest absolute Gasteiger partial charge is 0.150 e. The van der Waals surface area contributed by atoms with Crippen molar-refractivity contribution in [3.05, 3.63) is 29.6 Å². The summed E-state index contributed by atoms with van der Waals surface area (Å²) in [6.45, 7) is 7.26. The fourth-order valence-corrected chi connectivity index (χ4v) is 3.32. The molecule has 100 valence electrons. The quantitative estimate of drug-likeness (QED) is 0.836. The minimum Gasteiger partial charge on any atom is -0.396 e. The third-order valence-electron chi connectivity index (χ3n) is 3.43. The third-order valence-corrected chi connectivity index (χ3v) is 4.81. The molecule has 1 saturated heterocycles. The van der Waals surface area contributed by atoms with Crippen LogP contribution in [-0.4, -0.2) is 28.5 Å². The molecule has 2 N–H and O–H groups in total. The molecule has 18 heavy (non-hydrogen) atoms. The van der Waals surface area contributed by atoms with E-state index in [0.717, 1.165) is 25.3 Å². The summed E-state index contributed by atoms with van der Waals surface area (Å²) in [5, 5.41) is 0. The van der Waals surface area contributed by atoms with Crippen molar-refractivity contribution in [2.75, 3.05) is 24.6 Å². The first-order valence-electron chi connectivity index (χ1n) is 6.37. The highest BCUT2D eigenvalue weighted by atomic mass is 32.2. The minimum absolute atomic E-state index is 0.247. The summed E-state index contributed by atoms with van der Waals surface area (Å²) in [4.78, 5) is 2.32. The largest absolute Gasteiger partial charge is 0.396 e. The molecule has 0 atom stereocenters. The molecule has 2 nitrogen and oxygen atoms in total. The van der Waals surface area contributed by atoms with Crippen LogP contribution in [0.4, 0.5) is 10.1 Å². The first-order chi connectivity index (χ1) is 8.48. The first-order valence-corrected chi connectivity index (χ1v) is 7.36. The summed E-state index contributed by atoms with van der Waals surface area (Å²) in [7, 11) is 0. The molecule has 0 saturated carbocycles. The second-order valence-electron chi connectivity index (χ2n) is 5.45. The van der Waals surface area contributed by atoms with Gasteiger partial charge in [-0.1, -0.05) is 26.0 Å². The molecule has 0 amide bonds. The molecule has 1 fully saturated rings. The molecule has 2 rings (SSSR count). The average molecular weight is 268 g/mol. The van der Waals surface area contributed by atoms with Gasteiger partial charge in [0.15, 0.2) is 5.82 Å². The van der Waals surface area contributed by atoms with Crippen molar-refractivity contribution < 1.29 is 4.39 Å². The predicted molar refractivity (Wildman–Crippen MR) is 77.2 cm³/mol. The number of hydrogen-bond donors (Lipinski definition) is 1. The Balaban J connectivity index is 2.03. The zero-order chi connectivity index (χ0) is 13.2. The minimum atomic E-state index is -0.256. The highest BCUT2D eigenvalue weighted by Crippen LogP contribution is 2.31. The number of anilines is 1. The Bertz CT molecular complexity index is 420. The van der Waals surface area contributed by atoms with Crippen LogP contribution in [-0.2, 0) is 6.54 Å². The molecule has 1 aliphatic heterocycles. The van der Waals surface area contributed by atoms with Crippen LogP contribution in [0.2, 0.25) is 0 Å². The Labute approximate surface area is 113 Å². The number of hydrogen-bond acceptors (Lipinski definition) is 3. The zero-order valence-corrected chi connectivity index (χ0v) is 11.9. The lowest BCUT2D eigenvalue weighted by atomic mass is 10.1. The van der Waals surface area contributed by atoms with E-state index < -0.39 is 0 Å². The maximum absolute atomic E-state index is 13.9. The van der Waals surface area contributed by atoms with Crippen LogP contribution in [0.3, 0.4) is 0 Å². The maximum atomic E-state index is 13.9. The molecule has 0 aromatic heterocycles. The van der Waals surface area contributed by atoms with Gasteiger partial charge in [-0.2, -0.15) is 11.8 Å². The van der Waals surface area contributed by atoms with E-state index in [1.165, 1.54) is 0 Å². The van der Waals surface area contributed by atoms with Crippen molar-refractivity contribution in [1.82, 2.24) is 4.90 Å². The number of nitrogens with two attached hydrogens (primary N) is 1. The topological polar surface area (TPSA) is 29.3 Å². The van der Waals surface area contributed by atoms with E-state index >= 15 is 0 Å². The number of benzene rings is 1. The van der Waals surface area contributed by atoms with E-state index in [4.69, 9.17) is 5.73 Å². The number of halogens is 1. The molecule has 1 aromatic carbocycles. The highest BCUT2D eigenvalue weighted by Gasteiger charge is 2.24. The summed E-state index contributed by atoms with van der Waals surface area (Å²) < 4.78 is 14.2. The van der Waals surface area contributed by atoms with Gasteiger partial charge in [0.05, 0.1) is 5.69 Å². The average Bonchev–Trinajstić information content (AvgIpc) is 2.47. The van der Waals surface area contributed by atoms with Gasteiger partial charge in [0.1, 0.15) is 0 Å². The molecule has 0 spiro atoms. The number of nitrogen functional groups attached to an aromatic ring is 1. The van der Waals surface area contributed by atoms with Gasteiger partial charge in [-0.25, -0.2) is 4.39 Å². The second-order valence-corrected chi connectivity index (χ2v) is 7.26. The van der Waals surface area contributed by atoms with Gasteiger partial charge in [-0.3, -0.25) is 4.90 Å². The van der Waals surface area contributed by atoms with Gasteiger partial charge < -0.3 is 5.73 Å². The summed E-state index contributed by atoms with van der Waals surface area (Å²) in [6.07, 6.45) is 1.14. The zero-order valence-electron chi connectivity index (χ0n) is 11.1. The molecule has 4 heteroatoms. The van der Waals surface area contributed by atoms with E-state index in [-0.39, 0.29) is 11.5 Å². The fourth-order valence-electron chi connectivity index (χ4n) is 2.18. The number of rotatable bonds is 2. The van der Waals surface area contributed by atoms with Gasteiger partial charge >= 0.3 is 0 Å². The lowest BCUT2D eigenvalue weighted by Gasteiger charge is -2.22. The lowest BCUT2D eigenvalue weighted by molar-refractivity contribution is 0.272. The van der Waals surface area contributed by atoms with E-state index in [1.807, 2.05) is 23.9 Å². The van der Waals surface area contributed by atoms with Gasteiger partial charge in [0.25, 0.3) is 0 Å². The number of nitrogens with zero attached hydrogens (tertiary/aromatic N) is 1. The van der Waals surface area contributed by atoms with Crippen LogP contribution >= 0.6 is 11.8 Å². The van der Waals surface area contributed by atoms with Crippen molar-refractivity contribution >= 4 is 17.4 Å². The van der Waals surface area contributed by atoms with Crippen molar-refractivity contribution in [1.29, 1.82) is 0 Å². The van der Waals surface area contributed by atoms with E-state index in [1.54, 1.807) is 6.07 Å². The molecular formula is C14H21FN2S. The molecule has 1 heterocycles. The van der Waals surface area contributed by atoms with Gasteiger partial charge in [-0.05, 0) is 19.0 Å². The first kappa shape index (κ1) is 13.7. The molecule has 0 unspecified atom stereocenters. The van der Waals surface area contributed by atoms with Crippen molar-refractivity contribution in [2.24, 2.45) is 0 Å². The normalized spacial score (nSPS) is 20.6. The van der Waals surface area contributed by atoms with Gasteiger partial charge in [0, 0.05) is 29.2 Å². The molecule has 0 radical (unpaired) electrons. The van der Waals surface area contributed by atoms with Crippen molar-refractivity contribution in [3.8, 4) is 0 Å². The fraction of sp³-hybridized carbons (Fsp3) is 0.571. The molecule has 1 aliphatic rings. The van der Waals surface area contributed by atoms with E-state index in [0.29, 0.717) is 16.9 Å². The maximum Gasteiger partial charge on any atom is 0.150 e. The van der Waals surface area contributed by atoms with Crippen LogP contribution in [0.25, 0.3) is 0 Å². The number of thioether (sulfide) groups is 1. The third kappa shape index (κ3) is 3.39. The molecule has 1 aromatic rings. The second kappa shape index (κ2) is 5.49. The van der Waals surface area contributed by atoms with E-state index in [9.17, 15) is 4.39 Å². The molecule has 0 aliphatic carbocycles. The van der Waals surface area contributed by atoms with Crippen molar-refractivity contribution in [2.45, 2.75) is 31.6 Å². The van der Waals surface area contributed by atoms with Gasteiger partial charge in [-0.15, -0.1) is 0 Å². The highest BCUT2D eigenvalue weighted by molar-refractivity contribution is 8.00. The van der Waals surface area contributed by atoms with Gasteiger partial charge in [0.2, 0.25) is 0 Å². The van der Waals surface area contributed by atoms with Crippen LogP contribution < -0.4 is 5.73 Å². The molecular weight excluding hydrogens is 247 g/mol. The Morgan fingerprint density at radius 3 is 2.94 bits per heavy atom. The Hall–Kier alpha value is -0.740. The summed E-state index contributed by atoms with van der Waals surface area (Å²) in [5.74, 6) is 0.852. The molecule has 0 bridgehead atoms. The Kier molecular flexibility index (Phi) is 4.17. The summed E-state index contributed by atoms with van der Waals surface area (Å²) >= 11 is 2.00. The standard InChI is InChI=1S/C14H21FN2S/c1-14(2)6-7-17(8-9-18-14)10-11-4-3-5-12(16)13(11)15/h3-5H,6-10,16H2,1-2H3. The van der Waals surface area contributed by atoms with Crippen LogP contribution in [0, 0.1) is 5.82 Å². The SMILES string of the molecule is CC1(C)CCN(Cc2cccc(N)c2F)CCS1. The lowest BCUT2D eigenvalue weighted by Crippen LogP contribution is -2.27. The predicted octanol–water partition coefficient (Wildman–Crippen LogP) is 3.13. The van der Waals surface area contributed by atoms with E-state index in [2.05, 4.69) is 18.7 Å². The monoisotopic (exact) mass is 268 g/mol. The summed E-state index contributed by atoms with van der Waals surface area (Å²) in [5.41, 5.74) is 6.56. The van der Waals surface area contributed by atoms with Crippen LogP contribution in [0.15, 0.2) is 18.2 Å².